The number of aliphatic hydroxyl groups is 1. The van der Waals surface area contributed by atoms with Crippen LogP contribution in [0.1, 0.15) is 26.3 Å². The standard InChI is InChI=1S/C13H19ClFNO/c1-13(2,3)16-8-11(17)7-9-6-10(15)4-5-12(9)14/h4-6,11,16-17H,7-8H2,1-3H3. The first-order chi connectivity index (χ1) is 7.78. The fraction of sp³-hybridized carbons (Fsp3) is 0.538. The predicted octanol–water partition coefficient (Wildman–Crippen LogP) is 2.77. The number of nitrogens with one attached hydrogen (secondary N) is 1. The van der Waals surface area contributed by atoms with E-state index in [0.717, 1.165) is 0 Å². The molecule has 1 atom stereocenters. The second-order valence-corrected chi connectivity index (χ2v) is 5.63. The van der Waals surface area contributed by atoms with Gasteiger partial charge in [0.05, 0.1) is 6.10 Å². The summed E-state index contributed by atoms with van der Waals surface area (Å²) in [5.41, 5.74) is 0.585. The van der Waals surface area contributed by atoms with E-state index < -0.39 is 6.10 Å². The van der Waals surface area contributed by atoms with Crippen LogP contribution in [0.5, 0.6) is 0 Å². The Kier molecular flexibility index (Phi) is 4.92. The summed E-state index contributed by atoms with van der Waals surface area (Å²) in [6, 6.07) is 4.18. The average molecular weight is 260 g/mol. The molecule has 0 bridgehead atoms. The van der Waals surface area contributed by atoms with Crippen molar-refractivity contribution >= 4 is 11.6 Å². The highest BCUT2D eigenvalue weighted by atomic mass is 35.5. The second-order valence-electron chi connectivity index (χ2n) is 5.22. The maximum Gasteiger partial charge on any atom is 0.123 e. The zero-order valence-corrected chi connectivity index (χ0v) is 11.2. The molecule has 0 aromatic heterocycles. The van der Waals surface area contributed by atoms with Crippen molar-refractivity contribution < 1.29 is 9.50 Å². The van der Waals surface area contributed by atoms with Crippen LogP contribution in [-0.2, 0) is 6.42 Å². The molecular weight excluding hydrogens is 241 g/mol. The second kappa shape index (κ2) is 5.80. The number of halogens is 2. The predicted molar refractivity (Wildman–Crippen MR) is 68.9 cm³/mol. The highest BCUT2D eigenvalue weighted by Gasteiger charge is 2.14. The molecule has 0 saturated heterocycles. The Labute approximate surface area is 107 Å². The lowest BCUT2D eigenvalue weighted by molar-refractivity contribution is 0.161. The van der Waals surface area contributed by atoms with Gasteiger partial charge in [0.15, 0.2) is 0 Å². The molecule has 2 nitrogen and oxygen atoms in total. The van der Waals surface area contributed by atoms with Crippen LogP contribution in [0.4, 0.5) is 4.39 Å². The third kappa shape index (κ3) is 5.48. The summed E-state index contributed by atoms with van der Waals surface area (Å²) < 4.78 is 13.0. The van der Waals surface area contributed by atoms with Gasteiger partial charge in [-0.1, -0.05) is 11.6 Å². The summed E-state index contributed by atoms with van der Waals surface area (Å²) in [5, 5.41) is 13.5. The first-order valence-electron chi connectivity index (χ1n) is 5.65. The van der Waals surface area contributed by atoms with E-state index in [1.54, 1.807) is 0 Å². The summed E-state index contributed by atoms with van der Waals surface area (Å²) in [6.07, 6.45) is -0.229. The van der Waals surface area contributed by atoms with E-state index in [9.17, 15) is 9.50 Å². The molecule has 0 aliphatic rings. The van der Waals surface area contributed by atoms with Gasteiger partial charge in [0, 0.05) is 23.5 Å². The third-order valence-corrected chi connectivity index (χ3v) is 2.70. The maximum atomic E-state index is 13.0. The molecule has 0 amide bonds. The van der Waals surface area contributed by atoms with E-state index in [0.29, 0.717) is 23.6 Å². The molecule has 0 aliphatic heterocycles. The topological polar surface area (TPSA) is 32.3 Å². The molecule has 4 heteroatoms. The van der Waals surface area contributed by atoms with Crippen molar-refractivity contribution in [3.05, 3.63) is 34.6 Å². The SMILES string of the molecule is CC(C)(C)NCC(O)Cc1cc(F)ccc1Cl. The highest BCUT2D eigenvalue weighted by molar-refractivity contribution is 6.31. The van der Waals surface area contributed by atoms with Gasteiger partial charge in [0.2, 0.25) is 0 Å². The molecule has 0 spiro atoms. The van der Waals surface area contributed by atoms with Crippen molar-refractivity contribution in [2.24, 2.45) is 0 Å². The molecule has 1 aromatic rings. The van der Waals surface area contributed by atoms with Crippen molar-refractivity contribution in [2.75, 3.05) is 6.54 Å². The van der Waals surface area contributed by atoms with Gasteiger partial charge >= 0.3 is 0 Å². The third-order valence-electron chi connectivity index (χ3n) is 2.33. The zero-order valence-electron chi connectivity index (χ0n) is 10.4. The van der Waals surface area contributed by atoms with Gasteiger partial charge in [-0.3, -0.25) is 0 Å². The Bertz CT molecular complexity index is 376. The average Bonchev–Trinajstić information content (AvgIpc) is 2.20. The van der Waals surface area contributed by atoms with E-state index in [1.165, 1.54) is 18.2 Å². The van der Waals surface area contributed by atoms with Crippen LogP contribution in [0.3, 0.4) is 0 Å². The molecule has 0 fully saturated rings. The molecule has 1 unspecified atom stereocenters. The largest absolute Gasteiger partial charge is 0.391 e. The van der Waals surface area contributed by atoms with Crippen molar-refractivity contribution in [3.8, 4) is 0 Å². The molecule has 0 radical (unpaired) electrons. The van der Waals surface area contributed by atoms with Gasteiger partial charge in [0.1, 0.15) is 5.82 Å². The van der Waals surface area contributed by atoms with Gasteiger partial charge in [-0.05, 0) is 44.5 Å². The molecule has 0 aliphatic carbocycles. The Morgan fingerprint density at radius 3 is 2.65 bits per heavy atom. The lowest BCUT2D eigenvalue weighted by atomic mass is 10.1. The molecule has 1 rings (SSSR count). The summed E-state index contributed by atoms with van der Waals surface area (Å²) in [7, 11) is 0. The summed E-state index contributed by atoms with van der Waals surface area (Å²) >= 11 is 5.93. The molecule has 1 aromatic carbocycles. The van der Waals surface area contributed by atoms with Crippen molar-refractivity contribution in [2.45, 2.75) is 38.8 Å². The lowest BCUT2D eigenvalue weighted by Gasteiger charge is -2.23. The van der Waals surface area contributed by atoms with Gasteiger partial charge in [0.25, 0.3) is 0 Å². The smallest absolute Gasteiger partial charge is 0.123 e. The van der Waals surface area contributed by atoms with Crippen LogP contribution in [0.2, 0.25) is 5.02 Å². The summed E-state index contributed by atoms with van der Waals surface area (Å²) in [4.78, 5) is 0. The summed E-state index contributed by atoms with van der Waals surface area (Å²) in [5.74, 6) is -0.333. The van der Waals surface area contributed by atoms with Crippen LogP contribution in [0, 0.1) is 5.82 Å². The normalized spacial score (nSPS) is 13.8. The number of benzene rings is 1. The molecule has 17 heavy (non-hydrogen) atoms. The Morgan fingerprint density at radius 1 is 1.41 bits per heavy atom. The Hall–Kier alpha value is -0.640. The van der Waals surface area contributed by atoms with Crippen molar-refractivity contribution in [1.29, 1.82) is 0 Å². The van der Waals surface area contributed by atoms with E-state index in [2.05, 4.69) is 5.32 Å². The van der Waals surface area contributed by atoms with Crippen LogP contribution < -0.4 is 5.32 Å². The first kappa shape index (κ1) is 14.4. The van der Waals surface area contributed by atoms with Crippen LogP contribution in [-0.4, -0.2) is 23.3 Å². The van der Waals surface area contributed by atoms with Crippen LogP contribution >= 0.6 is 11.6 Å². The highest BCUT2D eigenvalue weighted by Crippen LogP contribution is 2.18. The van der Waals surface area contributed by atoms with Crippen molar-refractivity contribution in [3.63, 3.8) is 0 Å². The lowest BCUT2D eigenvalue weighted by Crippen LogP contribution is -2.41. The number of β-amino-alcohol motifs (C(OH)–C–C–N with tert-alkyl or cyclic N) is 1. The van der Waals surface area contributed by atoms with Gasteiger partial charge in [-0.2, -0.15) is 0 Å². The molecular formula is C13H19ClFNO. The maximum absolute atomic E-state index is 13.0. The Balaban J connectivity index is 2.56. The molecule has 0 saturated carbocycles. The number of aliphatic hydroxyl groups excluding tert-OH is 1. The van der Waals surface area contributed by atoms with Crippen molar-refractivity contribution in [1.82, 2.24) is 5.32 Å². The van der Waals surface area contributed by atoms with Gasteiger partial charge in [-0.25, -0.2) is 4.39 Å². The fourth-order valence-corrected chi connectivity index (χ4v) is 1.64. The van der Waals surface area contributed by atoms with Crippen LogP contribution in [0.25, 0.3) is 0 Å². The minimum atomic E-state index is -0.575. The first-order valence-corrected chi connectivity index (χ1v) is 6.03. The molecule has 2 N–H and O–H groups in total. The van der Waals surface area contributed by atoms with E-state index >= 15 is 0 Å². The van der Waals surface area contributed by atoms with E-state index in [1.807, 2.05) is 20.8 Å². The number of hydrogen-bond acceptors (Lipinski definition) is 2. The van der Waals surface area contributed by atoms with Gasteiger partial charge in [-0.15, -0.1) is 0 Å². The molecule has 96 valence electrons. The molecule has 0 heterocycles. The minimum Gasteiger partial charge on any atom is -0.391 e. The summed E-state index contributed by atoms with van der Waals surface area (Å²) in [6.45, 7) is 6.52. The number of hydrogen-bond donors (Lipinski definition) is 2. The van der Waals surface area contributed by atoms with E-state index in [-0.39, 0.29) is 11.4 Å². The number of rotatable bonds is 4. The monoisotopic (exact) mass is 259 g/mol. The van der Waals surface area contributed by atoms with Crippen LogP contribution in [0.15, 0.2) is 18.2 Å². The quantitative estimate of drug-likeness (QED) is 0.872. The van der Waals surface area contributed by atoms with Gasteiger partial charge < -0.3 is 10.4 Å². The van der Waals surface area contributed by atoms with E-state index in [4.69, 9.17) is 11.6 Å². The minimum absolute atomic E-state index is 0.0489. The Morgan fingerprint density at radius 2 is 2.06 bits per heavy atom. The zero-order chi connectivity index (χ0) is 13.1. The fourth-order valence-electron chi connectivity index (χ4n) is 1.45.